The van der Waals surface area contributed by atoms with Gasteiger partial charge in [0.2, 0.25) is 0 Å². The second-order valence-corrected chi connectivity index (χ2v) is 6.90. The minimum Gasteiger partial charge on any atom is -0.390 e. The standard InChI is InChI=1S/C13H20N2O4S2/c1-9(16)20-7-2-11(17)12(18)10-8-21-13(14-10)15-3-5-19-6-4-15/h8,11-12,17-18H,2-7H2,1H3. The van der Waals surface area contributed by atoms with Crippen LogP contribution in [-0.4, -0.2) is 58.5 Å². The Morgan fingerprint density at radius 3 is 2.90 bits per heavy atom. The smallest absolute Gasteiger partial charge is 0.185 e. The molecule has 8 heteroatoms. The first-order valence-corrected chi connectivity index (χ1v) is 8.72. The molecule has 0 aliphatic carbocycles. The fraction of sp³-hybridized carbons (Fsp3) is 0.692. The van der Waals surface area contributed by atoms with Gasteiger partial charge in [0.25, 0.3) is 0 Å². The molecule has 2 N–H and O–H groups in total. The molecule has 0 bridgehead atoms. The second-order valence-electron chi connectivity index (χ2n) is 4.80. The van der Waals surface area contributed by atoms with Crippen LogP contribution in [0.1, 0.15) is 25.1 Å². The quantitative estimate of drug-likeness (QED) is 0.805. The van der Waals surface area contributed by atoms with Crippen molar-refractivity contribution in [3.63, 3.8) is 0 Å². The first-order chi connectivity index (χ1) is 10.1. The van der Waals surface area contributed by atoms with Gasteiger partial charge in [-0.15, -0.1) is 11.3 Å². The van der Waals surface area contributed by atoms with Crippen molar-refractivity contribution in [1.29, 1.82) is 0 Å². The number of ether oxygens (including phenoxy) is 1. The van der Waals surface area contributed by atoms with Crippen molar-refractivity contribution >= 4 is 33.3 Å². The maximum atomic E-state index is 10.8. The summed E-state index contributed by atoms with van der Waals surface area (Å²) in [6.07, 6.45) is -1.56. The number of morpholine rings is 1. The lowest BCUT2D eigenvalue weighted by molar-refractivity contribution is -0.109. The minimum atomic E-state index is -1.01. The van der Waals surface area contributed by atoms with E-state index < -0.39 is 12.2 Å². The Hall–Kier alpha value is -0.670. The summed E-state index contributed by atoms with van der Waals surface area (Å²) in [6.45, 7) is 4.44. The zero-order chi connectivity index (χ0) is 15.2. The Morgan fingerprint density at radius 2 is 2.24 bits per heavy atom. The monoisotopic (exact) mass is 332 g/mol. The molecule has 1 aliphatic heterocycles. The number of aliphatic hydroxyl groups is 2. The van der Waals surface area contributed by atoms with E-state index in [1.165, 1.54) is 18.3 Å². The molecule has 2 atom stereocenters. The van der Waals surface area contributed by atoms with Crippen molar-refractivity contribution in [3.8, 4) is 0 Å². The van der Waals surface area contributed by atoms with Gasteiger partial charge in [-0.05, 0) is 6.42 Å². The van der Waals surface area contributed by atoms with E-state index in [0.29, 0.717) is 31.1 Å². The topological polar surface area (TPSA) is 82.9 Å². The number of carbonyl (C=O) groups excluding carboxylic acids is 1. The molecule has 1 aromatic rings. The molecule has 2 unspecified atom stereocenters. The predicted molar refractivity (Wildman–Crippen MR) is 83.9 cm³/mol. The highest BCUT2D eigenvalue weighted by Crippen LogP contribution is 2.27. The molecule has 21 heavy (non-hydrogen) atoms. The number of rotatable bonds is 6. The fourth-order valence-electron chi connectivity index (χ4n) is 1.99. The Bertz CT molecular complexity index is 463. The SMILES string of the molecule is CC(=O)SCCC(O)C(O)c1csc(N2CCOCC2)n1. The molecule has 6 nitrogen and oxygen atoms in total. The third-order valence-electron chi connectivity index (χ3n) is 3.18. The maximum absolute atomic E-state index is 10.8. The number of carbonyl (C=O) groups is 1. The van der Waals surface area contributed by atoms with E-state index in [0.717, 1.165) is 30.0 Å². The summed E-state index contributed by atoms with van der Waals surface area (Å²) in [6, 6.07) is 0. The van der Waals surface area contributed by atoms with E-state index in [2.05, 4.69) is 9.88 Å². The Balaban J connectivity index is 1.88. The van der Waals surface area contributed by atoms with E-state index in [-0.39, 0.29) is 5.12 Å². The normalized spacial score (nSPS) is 18.5. The number of thioether (sulfide) groups is 1. The van der Waals surface area contributed by atoms with Gasteiger partial charge in [0.05, 0.1) is 25.0 Å². The summed E-state index contributed by atoms with van der Waals surface area (Å²) in [5.41, 5.74) is 0.488. The van der Waals surface area contributed by atoms with Gasteiger partial charge in [-0.25, -0.2) is 4.98 Å². The molecule has 0 aromatic carbocycles. The highest BCUT2D eigenvalue weighted by atomic mass is 32.2. The molecule has 1 aliphatic rings. The van der Waals surface area contributed by atoms with Gasteiger partial charge in [0.15, 0.2) is 10.2 Å². The van der Waals surface area contributed by atoms with Crippen LogP contribution in [0.2, 0.25) is 0 Å². The predicted octanol–water partition coefficient (Wildman–Crippen LogP) is 1.04. The molecule has 1 fully saturated rings. The molecule has 2 heterocycles. The average molecular weight is 332 g/mol. The number of hydrogen-bond acceptors (Lipinski definition) is 8. The summed E-state index contributed by atoms with van der Waals surface area (Å²) in [5, 5.41) is 22.7. The lowest BCUT2D eigenvalue weighted by atomic mass is 10.1. The number of aliphatic hydroxyl groups excluding tert-OH is 2. The van der Waals surface area contributed by atoms with Gasteiger partial charge in [-0.3, -0.25) is 4.79 Å². The molecular formula is C13H20N2O4S2. The fourth-order valence-corrected chi connectivity index (χ4v) is 3.55. The van der Waals surface area contributed by atoms with Crippen molar-refractivity contribution in [2.45, 2.75) is 25.6 Å². The molecule has 0 radical (unpaired) electrons. The number of aromatic nitrogens is 1. The van der Waals surface area contributed by atoms with E-state index in [4.69, 9.17) is 4.74 Å². The van der Waals surface area contributed by atoms with Crippen LogP contribution < -0.4 is 4.90 Å². The summed E-state index contributed by atoms with van der Waals surface area (Å²) < 4.78 is 5.29. The molecule has 118 valence electrons. The molecule has 0 spiro atoms. The zero-order valence-corrected chi connectivity index (χ0v) is 13.5. The molecule has 0 saturated carbocycles. The summed E-state index contributed by atoms with van der Waals surface area (Å²) in [5.74, 6) is 0.494. The number of thiazole rings is 1. The van der Waals surface area contributed by atoms with Gasteiger partial charge in [0.1, 0.15) is 6.10 Å². The van der Waals surface area contributed by atoms with E-state index in [1.54, 1.807) is 5.38 Å². The average Bonchev–Trinajstić information content (AvgIpc) is 2.96. The lowest BCUT2D eigenvalue weighted by Gasteiger charge is -2.26. The van der Waals surface area contributed by atoms with Crippen molar-refractivity contribution < 1.29 is 19.7 Å². The highest BCUT2D eigenvalue weighted by Gasteiger charge is 2.23. The van der Waals surface area contributed by atoms with Gasteiger partial charge in [0, 0.05) is 31.1 Å². The van der Waals surface area contributed by atoms with E-state index >= 15 is 0 Å². The van der Waals surface area contributed by atoms with Crippen LogP contribution in [-0.2, 0) is 9.53 Å². The number of nitrogens with zero attached hydrogens (tertiary/aromatic N) is 2. The molecule has 1 saturated heterocycles. The first kappa shape index (κ1) is 16.7. The summed E-state index contributed by atoms with van der Waals surface area (Å²) in [4.78, 5) is 17.4. The number of anilines is 1. The second kappa shape index (κ2) is 8.09. The van der Waals surface area contributed by atoms with Crippen LogP contribution in [0.25, 0.3) is 0 Å². The molecule has 2 rings (SSSR count). The summed E-state index contributed by atoms with van der Waals surface area (Å²) >= 11 is 2.61. The van der Waals surface area contributed by atoms with Gasteiger partial charge in [-0.2, -0.15) is 0 Å². The Kier molecular flexibility index (Phi) is 6.43. The Morgan fingerprint density at radius 1 is 1.52 bits per heavy atom. The largest absolute Gasteiger partial charge is 0.390 e. The third-order valence-corrected chi connectivity index (χ3v) is 4.94. The zero-order valence-electron chi connectivity index (χ0n) is 11.9. The van der Waals surface area contributed by atoms with Gasteiger partial charge < -0.3 is 19.8 Å². The van der Waals surface area contributed by atoms with E-state index in [1.807, 2.05) is 0 Å². The first-order valence-electron chi connectivity index (χ1n) is 6.85. The highest BCUT2D eigenvalue weighted by molar-refractivity contribution is 8.13. The van der Waals surface area contributed by atoms with Crippen molar-refractivity contribution in [2.24, 2.45) is 0 Å². The third kappa shape index (κ3) is 4.93. The van der Waals surface area contributed by atoms with Gasteiger partial charge in [-0.1, -0.05) is 11.8 Å². The van der Waals surface area contributed by atoms with Crippen LogP contribution in [0.15, 0.2) is 5.38 Å². The number of hydrogen-bond donors (Lipinski definition) is 2. The Labute approximate surface area is 132 Å². The van der Waals surface area contributed by atoms with Crippen molar-refractivity contribution in [1.82, 2.24) is 4.98 Å². The van der Waals surface area contributed by atoms with Crippen LogP contribution in [0.3, 0.4) is 0 Å². The van der Waals surface area contributed by atoms with Crippen LogP contribution in [0.5, 0.6) is 0 Å². The molecule has 0 amide bonds. The minimum absolute atomic E-state index is 0.0138. The molecule has 1 aromatic heterocycles. The van der Waals surface area contributed by atoms with Crippen molar-refractivity contribution in [3.05, 3.63) is 11.1 Å². The van der Waals surface area contributed by atoms with Crippen molar-refractivity contribution in [2.75, 3.05) is 37.0 Å². The lowest BCUT2D eigenvalue weighted by Crippen LogP contribution is -2.36. The summed E-state index contributed by atoms with van der Waals surface area (Å²) in [7, 11) is 0. The van der Waals surface area contributed by atoms with Crippen LogP contribution in [0.4, 0.5) is 5.13 Å². The molecular weight excluding hydrogens is 312 g/mol. The van der Waals surface area contributed by atoms with Gasteiger partial charge >= 0.3 is 0 Å². The van der Waals surface area contributed by atoms with Crippen LogP contribution >= 0.6 is 23.1 Å². The van der Waals surface area contributed by atoms with Crippen LogP contribution in [0, 0.1) is 0 Å². The maximum Gasteiger partial charge on any atom is 0.185 e. The van der Waals surface area contributed by atoms with E-state index in [9.17, 15) is 15.0 Å².